The first-order valence-electron chi connectivity index (χ1n) is 16.4. The highest BCUT2D eigenvalue weighted by molar-refractivity contribution is 7.90. The third-order valence-corrected chi connectivity index (χ3v) is 10.1. The average Bonchev–Trinajstić information content (AvgIpc) is 3.04. The van der Waals surface area contributed by atoms with E-state index >= 15 is 0 Å². The number of benzene rings is 3. The number of carboxylic acid groups (broad SMARTS) is 2. The van der Waals surface area contributed by atoms with Crippen molar-refractivity contribution < 1.29 is 42.5 Å². The van der Waals surface area contributed by atoms with Crippen LogP contribution in [0.15, 0.2) is 72.8 Å². The maximum Gasteiger partial charge on any atom is 0.317 e. The molecular formula is C37H44FNO8S. The van der Waals surface area contributed by atoms with Crippen molar-refractivity contribution in [2.45, 2.75) is 76.4 Å². The molecule has 258 valence electrons. The number of unbranched alkanes of at least 4 members (excludes halogenated alkanes) is 3. The van der Waals surface area contributed by atoms with E-state index in [4.69, 9.17) is 10.2 Å². The third kappa shape index (κ3) is 10.2. The van der Waals surface area contributed by atoms with Crippen LogP contribution in [0.4, 0.5) is 10.1 Å². The molecular weight excluding hydrogens is 637 g/mol. The van der Waals surface area contributed by atoms with E-state index in [2.05, 4.69) is 0 Å². The van der Waals surface area contributed by atoms with E-state index in [1.807, 2.05) is 48.5 Å². The summed E-state index contributed by atoms with van der Waals surface area (Å²) in [5, 5.41) is 29.0. The quantitative estimate of drug-likeness (QED) is 0.0759. The van der Waals surface area contributed by atoms with Crippen LogP contribution in [0.3, 0.4) is 0 Å². The van der Waals surface area contributed by atoms with Gasteiger partial charge in [0.2, 0.25) is 5.91 Å². The highest BCUT2D eigenvalue weighted by atomic mass is 32.2. The van der Waals surface area contributed by atoms with Crippen molar-refractivity contribution in [2.75, 3.05) is 16.9 Å². The second-order valence-corrected chi connectivity index (χ2v) is 15.0. The Morgan fingerprint density at radius 2 is 1.35 bits per heavy atom. The maximum atomic E-state index is 13.6. The Morgan fingerprint density at radius 1 is 0.792 bits per heavy atom. The molecule has 9 nitrogen and oxygen atoms in total. The second kappa shape index (κ2) is 16.8. The molecule has 0 saturated carbocycles. The van der Waals surface area contributed by atoms with E-state index in [1.54, 1.807) is 4.90 Å². The predicted molar refractivity (Wildman–Crippen MR) is 181 cm³/mol. The molecule has 0 radical (unpaired) electrons. The smallest absolute Gasteiger partial charge is 0.317 e. The molecule has 1 fully saturated rings. The highest BCUT2D eigenvalue weighted by Gasteiger charge is 2.48. The van der Waals surface area contributed by atoms with Gasteiger partial charge in [0.1, 0.15) is 15.7 Å². The van der Waals surface area contributed by atoms with Gasteiger partial charge in [-0.25, -0.2) is 12.8 Å². The standard InChI is InChI=1S/C37H44FNO8S/c1-48(46,47)24-5-3-2-4-7-25-12-20-30(21-13-25)39-34(31(35(39)41)22-23-33(40)27-16-18-29(38)19-17-27)28-14-10-26(11-15-28)8-6-9-32(36(42)43)37(44)45/h10-21,31-34,40H,2-9,22-24H2,1H3,(H,42,43)(H,44,45)/t31-,33+,34-/m1/s1. The van der Waals surface area contributed by atoms with E-state index < -0.39 is 39.6 Å². The number of carbonyl (C=O) groups excluding carboxylic acids is 1. The molecule has 0 aliphatic carbocycles. The Kier molecular flexibility index (Phi) is 12.9. The monoisotopic (exact) mass is 681 g/mol. The van der Waals surface area contributed by atoms with Gasteiger partial charge < -0.3 is 20.2 Å². The van der Waals surface area contributed by atoms with Crippen LogP contribution in [0.25, 0.3) is 0 Å². The van der Waals surface area contributed by atoms with Gasteiger partial charge in [-0.05, 0) is 97.9 Å². The highest BCUT2D eigenvalue weighted by Crippen LogP contribution is 2.46. The van der Waals surface area contributed by atoms with Crippen LogP contribution in [0.5, 0.6) is 0 Å². The van der Waals surface area contributed by atoms with Gasteiger partial charge in [-0.3, -0.25) is 14.4 Å². The van der Waals surface area contributed by atoms with Gasteiger partial charge in [0.05, 0.1) is 18.1 Å². The topological polar surface area (TPSA) is 149 Å². The van der Waals surface area contributed by atoms with Crippen LogP contribution >= 0.6 is 0 Å². The van der Waals surface area contributed by atoms with E-state index in [1.165, 1.54) is 30.5 Å². The molecule has 3 atom stereocenters. The van der Waals surface area contributed by atoms with Gasteiger partial charge in [-0.2, -0.15) is 0 Å². The molecule has 48 heavy (non-hydrogen) atoms. The number of β-lactam (4-membered cyclic amide) rings is 1. The summed E-state index contributed by atoms with van der Waals surface area (Å²) in [6.07, 6.45) is 6.32. The third-order valence-electron chi connectivity index (χ3n) is 9.04. The number of anilines is 1. The minimum atomic E-state index is -2.94. The van der Waals surface area contributed by atoms with Gasteiger partial charge in [0.25, 0.3) is 0 Å². The fourth-order valence-corrected chi connectivity index (χ4v) is 7.03. The first kappa shape index (κ1) is 36.7. The number of aryl methyl sites for hydroxylation is 2. The zero-order valence-electron chi connectivity index (χ0n) is 27.1. The lowest BCUT2D eigenvalue weighted by molar-refractivity contribution is -0.154. The largest absolute Gasteiger partial charge is 0.481 e. The minimum absolute atomic E-state index is 0.0228. The van der Waals surface area contributed by atoms with Gasteiger partial charge in [0.15, 0.2) is 5.92 Å². The molecule has 0 spiro atoms. The van der Waals surface area contributed by atoms with Crippen LogP contribution in [0, 0.1) is 17.7 Å². The molecule has 3 aromatic rings. The fraction of sp³-hybridized carbons (Fsp3) is 0.432. The normalized spacial score (nSPS) is 16.9. The number of aliphatic hydroxyl groups excluding tert-OH is 1. The minimum Gasteiger partial charge on any atom is -0.481 e. The molecule has 1 heterocycles. The number of aliphatic hydroxyl groups is 1. The summed E-state index contributed by atoms with van der Waals surface area (Å²) in [7, 11) is -2.94. The fourth-order valence-electron chi connectivity index (χ4n) is 6.30. The van der Waals surface area contributed by atoms with Crippen LogP contribution in [-0.2, 0) is 37.1 Å². The maximum absolute atomic E-state index is 13.6. The molecule has 3 N–H and O–H groups in total. The van der Waals surface area contributed by atoms with Crippen molar-refractivity contribution in [3.63, 3.8) is 0 Å². The number of sulfone groups is 1. The Labute approximate surface area is 281 Å². The van der Waals surface area contributed by atoms with Crippen molar-refractivity contribution in [3.8, 4) is 0 Å². The number of nitrogens with zero attached hydrogens (tertiary/aromatic N) is 1. The molecule has 11 heteroatoms. The van der Waals surface area contributed by atoms with Crippen molar-refractivity contribution in [1.82, 2.24) is 0 Å². The number of hydrogen-bond acceptors (Lipinski definition) is 6. The molecule has 1 saturated heterocycles. The van der Waals surface area contributed by atoms with E-state index in [0.29, 0.717) is 37.7 Å². The molecule has 0 bridgehead atoms. The predicted octanol–water partition coefficient (Wildman–Crippen LogP) is 6.30. The zero-order valence-corrected chi connectivity index (χ0v) is 27.9. The molecule has 1 amide bonds. The Hall–Kier alpha value is -4.09. The van der Waals surface area contributed by atoms with Gasteiger partial charge >= 0.3 is 11.9 Å². The SMILES string of the molecule is CS(=O)(=O)CCCCCCc1ccc(N2C(=O)[C@H](CC[C@H](O)c3ccc(F)cc3)[C@H]2c2ccc(CCCC(C(=O)O)C(=O)O)cc2)cc1. The number of carboxylic acids is 2. The van der Waals surface area contributed by atoms with Crippen LogP contribution in [0.1, 0.15) is 85.8 Å². The molecule has 0 aromatic heterocycles. The number of rotatable bonds is 19. The van der Waals surface area contributed by atoms with Crippen LogP contribution < -0.4 is 4.90 Å². The molecule has 0 unspecified atom stereocenters. The molecule has 4 rings (SSSR count). The zero-order chi connectivity index (χ0) is 34.8. The number of halogens is 1. The van der Waals surface area contributed by atoms with E-state index in [0.717, 1.165) is 48.1 Å². The van der Waals surface area contributed by atoms with E-state index in [-0.39, 0.29) is 30.0 Å². The summed E-state index contributed by atoms with van der Waals surface area (Å²) in [6.45, 7) is 0. The lowest BCUT2D eigenvalue weighted by Crippen LogP contribution is -2.55. The summed E-state index contributed by atoms with van der Waals surface area (Å²) in [5.41, 5.74) is 4.30. The average molecular weight is 682 g/mol. The van der Waals surface area contributed by atoms with Crippen molar-refractivity contribution >= 4 is 33.4 Å². The Morgan fingerprint density at radius 3 is 1.94 bits per heavy atom. The summed E-state index contributed by atoms with van der Waals surface area (Å²) < 4.78 is 36.0. The van der Waals surface area contributed by atoms with Gasteiger partial charge in [-0.15, -0.1) is 0 Å². The molecule has 1 aliphatic heterocycles. The Bertz CT molecular complexity index is 1630. The summed E-state index contributed by atoms with van der Waals surface area (Å²) in [4.78, 5) is 37.8. The number of carbonyl (C=O) groups is 3. The lowest BCUT2D eigenvalue weighted by Gasteiger charge is -2.48. The first-order valence-corrected chi connectivity index (χ1v) is 18.5. The summed E-state index contributed by atoms with van der Waals surface area (Å²) in [6, 6.07) is 21.0. The van der Waals surface area contributed by atoms with Crippen LogP contribution in [0.2, 0.25) is 0 Å². The van der Waals surface area contributed by atoms with Gasteiger partial charge in [0, 0.05) is 17.7 Å². The van der Waals surface area contributed by atoms with Crippen molar-refractivity contribution in [1.29, 1.82) is 0 Å². The first-order chi connectivity index (χ1) is 22.8. The van der Waals surface area contributed by atoms with Crippen LogP contribution in [-0.4, -0.2) is 53.6 Å². The summed E-state index contributed by atoms with van der Waals surface area (Å²) in [5.74, 6) is -4.76. The number of aliphatic carboxylic acids is 2. The van der Waals surface area contributed by atoms with E-state index in [9.17, 15) is 32.3 Å². The van der Waals surface area contributed by atoms with Gasteiger partial charge in [-0.1, -0.05) is 61.4 Å². The molecule has 3 aromatic carbocycles. The molecule has 1 aliphatic rings. The summed E-state index contributed by atoms with van der Waals surface area (Å²) >= 11 is 0. The Balaban J connectivity index is 1.43. The lowest BCUT2D eigenvalue weighted by atomic mass is 9.78. The number of amides is 1. The second-order valence-electron chi connectivity index (χ2n) is 12.7. The number of hydrogen-bond donors (Lipinski definition) is 3. The van der Waals surface area contributed by atoms with Crippen molar-refractivity contribution in [2.24, 2.45) is 11.8 Å². The van der Waals surface area contributed by atoms with Crippen molar-refractivity contribution in [3.05, 3.63) is 101 Å².